The molecule has 2 heterocycles. The maximum absolute atomic E-state index is 4.90. The van der Waals surface area contributed by atoms with Crippen molar-refractivity contribution in [3.8, 4) is 11.1 Å². The van der Waals surface area contributed by atoms with Crippen molar-refractivity contribution in [1.82, 2.24) is 0 Å². The van der Waals surface area contributed by atoms with Crippen molar-refractivity contribution in [2.75, 3.05) is 0 Å². The summed E-state index contributed by atoms with van der Waals surface area (Å²) in [6.45, 7) is 2.25. The van der Waals surface area contributed by atoms with Crippen molar-refractivity contribution in [3.05, 3.63) is 52.0 Å². The van der Waals surface area contributed by atoms with E-state index in [1.165, 1.54) is 52.1 Å². The number of unbranched alkanes of at least 4 members (excludes halogenated alkanes) is 2. The van der Waals surface area contributed by atoms with Crippen LogP contribution in [0, 0.1) is 0 Å². The maximum atomic E-state index is 4.90. The Hall–Kier alpha value is -2.22. The summed E-state index contributed by atoms with van der Waals surface area (Å²) in [6.07, 6.45) is 8.81. The molecule has 2 heteroatoms. The van der Waals surface area contributed by atoms with E-state index >= 15 is 0 Å². The highest BCUT2D eigenvalue weighted by Gasteiger charge is 2.20. The number of aliphatic imine (C=N–C) groups is 1. The molecule has 2 aliphatic heterocycles. The van der Waals surface area contributed by atoms with Crippen LogP contribution in [0.1, 0.15) is 37.3 Å². The molecule has 0 amide bonds. The van der Waals surface area contributed by atoms with Crippen LogP contribution in [0.3, 0.4) is 0 Å². The van der Waals surface area contributed by atoms with Crippen LogP contribution in [-0.4, -0.2) is 6.21 Å². The monoisotopic (exact) mass is 274 g/mol. The van der Waals surface area contributed by atoms with Crippen molar-refractivity contribution in [1.29, 1.82) is 0 Å². The molecule has 0 aliphatic carbocycles. The van der Waals surface area contributed by atoms with Gasteiger partial charge in [0.1, 0.15) is 0 Å². The minimum atomic E-state index is 1.10. The largest absolute Gasteiger partial charge is 0.263 e. The Bertz CT molecular complexity index is 860. The first-order valence-electron chi connectivity index (χ1n) is 7.76. The summed E-state index contributed by atoms with van der Waals surface area (Å²) < 4.78 is 0. The summed E-state index contributed by atoms with van der Waals surface area (Å²) in [4.78, 5) is 9.24. The lowest BCUT2D eigenvalue weighted by atomic mass is 9.94. The standard InChI is InChI=1S/C19H18N2/c1-2-3-4-7-13-10-14-11-20-12-16(14)18-15-8-5-6-9-17(15)21-19(13)18/h5-6,8-12H,2-4,7H2,1H3. The van der Waals surface area contributed by atoms with Crippen LogP contribution in [0.5, 0.6) is 0 Å². The third-order valence-electron chi connectivity index (χ3n) is 4.32. The molecule has 0 saturated carbocycles. The van der Waals surface area contributed by atoms with Crippen LogP contribution in [-0.2, 0) is 6.42 Å². The van der Waals surface area contributed by atoms with Crippen molar-refractivity contribution in [3.63, 3.8) is 0 Å². The molecule has 0 N–H and O–H groups in total. The van der Waals surface area contributed by atoms with Gasteiger partial charge in [0.25, 0.3) is 0 Å². The highest BCUT2D eigenvalue weighted by Crippen LogP contribution is 2.34. The molecule has 0 saturated heterocycles. The van der Waals surface area contributed by atoms with E-state index in [1.807, 2.05) is 12.4 Å². The predicted octanol–water partition coefficient (Wildman–Crippen LogP) is 3.52. The van der Waals surface area contributed by atoms with Gasteiger partial charge in [0.15, 0.2) is 0 Å². The van der Waals surface area contributed by atoms with Crippen LogP contribution in [0.2, 0.25) is 0 Å². The van der Waals surface area contributed by atoms with E-state index in [1.54, 1.807) is 0 Å². The number of hydrogen-bond acceptors (Lipinski definition) is 2. The fourth-order valence-corrected chi connectivity index (χ4v) is 3.26. The minimum absolute atomic E-state index is 1.10. The summed E-state index contributed by atoms with van der Waals surface area (Å²) in [5.41, 5.74) is 6.24. The number of rotatable bonds is 4. The van der Waals surface area contributed by atoms with Crippen LogP contribution in [0.25, 0.3) is 17.3 Å². The number of nitrogens with zero attached hydrogens (tertiary/aromatic N) is 2. The molecule has 104 valence electrons. The number of aryl methyl sites for hydroxylation is 1. The first-order chi connectivity index (χ1) is 10.4. The van der Waals surface area contributed by atoms with Crippen molar-refractivity contribution in [2.45, 2.75) is 32.6 Å². The minimum Gasteiger partial charge on any atom is -0.263 e. The fraction of sp³-hybridized carbons (Fsp3) is 0.263. The summed E-state index contributed by atoms with van der Waals surface area (Å²) in [5, 5.41) is 2.42. The Morgan fingerprint density at radius 1 is 1.10 bits per heavy atom. The number of hydrogen-bond donors (Lipinski definition) is 0. The molecule has 2 aromatic carbocycles. The molecule has 0 bridgehead atoms. The third-order valence-corrected chi connectivity index (χ3v) is 4.32. The van der Waals surface area contributed by atoms with Gasteiger partial charge in [-0.15, -0.1) is 0 Å². The topological polar surface area (TPSA) is 24.7 Å². The van der Waals surface area contributed by atoms with Gasteiger partial charge in [-0.2, -0.15) is 0 Å². The van der Waals surface area contributed by atoms with E-state index in [9.17, 15) is 0 Å². The Labute approximate surface area is 124 Å². The summed E-state index contributed by atoms with van der Waals surface area (Å²) in [5.74, 6) is 0. The summed E-state index contributed by atoms with van der Waals surface area (Å²) in [7, 11) is 0. The van der Waals surface area contributed by atoms with Gasteiger partial charge in [-0.05, 0) is 30.5 Å². The van der Waals surface area contributed by atoms with E-state index in [0.29, 0.717) is 0 Å². The molecule has 21 heavy (non-hydrogen) atoms. The average Bonchev–Trinajstić information content (AvgIpc) is 3.10. The van der Waals surface area contributed by atoms with Gasteiger partial charge in [0.05, 0.1) is 11.0 Å². The molecule has 0 unspecified atom stereocenters. The van der Waals surface area contributed by atoms with E-state index in [4.69, 9.17) is 4.99 Å². The zero-order valence-corrected chi connectivity index (χ0v) is 12.3. The fourth-order valence-electron chi connectivity index (χ4n) is 3.26. The lowest BCUT2D eigenvalue weighted by molar-refractivity contribution is 0.714. The van der Waals surface area contributed by atoms with Crippen LogP contribution < -0.4 is 10.6 Å². The van der Waals surface area contributed by atoms with E-state index in [0.717, 1.165) is 12.1 Å². The molecule has 2 aromatic rings. The van der Waals surface area contributed by atoms with Crippen LogP contribution >= 0.6 is 0 Å². The molecular weight excluding hydrogens is 256 g/mol. The Balaban J connectivity index is 1.93. The molecule has 0 spiro atoms. The summed E-state index contributed by atoms with van der Waals surface area (Å²) >= 11 is 0. The normalized spacial score (nSPS) is 13.4. The van der Waals surface area contributed by atoms with Gasteiger partial charge in [-0.1, -0.05) is 38.0 Å². The highest BCUT2D eigenvalue weighted by atomic mass is 14.8. The third kappa shape index (κ3) is 1.94. The smallest absolute Gasteiger partial charge is 0.0755 e. The second-order valence-electron chi connectivity index (χ2n) is 5.76. The van der Waals surface area contributed by atoms with E-state index < -0.39 is 0 Å². The molecule has 0 radical (unpaired) electrons. The van der Waals surface area contributed by atoms with Gasteiger partial charge in [0, 0.05) is 34.3 Å². The zero-order valence-electron chi connectivity index (χ0n) is 12.3. The SMILES string of the molecule is CCCCCc1cc2c(c3c1=Nc1ccccc1-3)C=NC=2. The first-order valence-corrected chi connectivity index (χ1v) is 7.76. The molecular formula is C19H18N2. The summed E-state index contributed by atoms with van der Waals surface area (Å²) in [6, 6.07) is 10.7. The van der Waals surface area contributed by atoms with E-state index in [-0.39, 0.29) is 0 Å². The predicted molar refractivity (Wildman–Crippen MR) is 87.6 cm³/mol. The molecule has 0 aromatic heterocycles. The van der Waals surface area contributed by atoms with Crippen molar-refractivity contribution < 1.29 is 0 Å². The lowest BCUT2D eigenvalue weighted by Gasteiger charge is -2.07. The second-order valence-corrected chi connectivity index (χ2v) is 5.76. The average molecular weight is 274 g/mol. The van der Waals surface area contributed by atoms with E-state index in [2.05, 4.69) is 42.2 Å². The van der Waals surface area contributed by atoms with Crippen molar-refractivity contribution >= 4 is 18.1 Å². The zero-order chi connectivity index (χ0) is 14.2. The van der Waals surface area contributed by atoms with Crippen molar-refractivity contribution in [2.24, 2.45) is 9.98 Å². The Morgan fingerprint density at radius 3 is 2.90 bits per heavy atom. The number of benzene rings is 2. The van der Waals surface area contributed by atoms with Gasteiger partial charge >= 0.3 is 0 Å². The van der Waals surface area contributed by atoms with Gasteiger partial charge < -0.3 is 0 Å². The molecule has 2 nitrogen and oxygen atoms in total. The van der Waals surface area contributed by atoms with Gasteiger partial charge in [-0.3, -0.25) is 4.99 Å². The number of fused-ring (bicyclic) bond motifs is 5. The second kappa shape index (κ2) is 4.96. The molecule has 0 fully saturated rings. The Kier molecular flexibility index (Phi) is 2.95. The Morgan fingerprint density at radius 2 is 2.00 bits per heavy atom. The van der Waals surface area contributed by atoms with Gasteiger partial charge in [0.2, 0.25) is 0 Å². The molecule has 0 atom stereocenters. The lowest BCUT2D eigenvalue weighted by Crippen LogP contribution is -2.20. The number of para-hydroxylation sites is 1. The quantitative estimate of drug-likeness (QED) is 0.650. The van der Waals surface area contributed by atoms with Crippen LogP contribution in [0.4, 0.5) is 5.69 Å². The molecule has 4 rings (SSSR count). The van der Waals surface area contributed by atoms with Gasteiger partial charge in [-0.25, -0.2) is 4.99 Å². The maximum Gasteiger partial charge on any atom is 0.0755 e. The highest BCUT2D eigenvalue weighted by molar-refractivity contribution is 5.97. The van der Waals surface area contributed by atoms with Crippen LogP contribution in [0.15, 0.2) is 40.3 Å². The first kappa shape index (κ1) is 12.5. The molecule has 2 aliphatic rings.